The maximum Gasteiger partial charge on any atom is 0.0110 e. The van der Waals surface area contributed by atoms with Crippen molar-refractivity contribution in [1.29, 1.82) is 0 Å². The zero-order valence-electron chi connectivity index (χ0n) is 9.71. The highest BCUT2D eigenvalue weighted by Gasteiger charge is 2.14. The molecule has 0 radical (unpaired) electrons. The molecule has 0 aromatic heterocycles. The fraction of sp³-hybridized carbons (Fsp3) is 1.00. The molecular formula is C11H25N3. The normalized spacial score (nSPS) is 22.5. The summed E-state index contributed by atoms with van der Waals surface area (Å²) in [6, 6.07) is 0. The maximum atomic E-state index is 5.69. The SMILES string of the molecule is CCC(CN)CCN1CCN(C)CC1. The first kappa shape index (κ1) is 12.0. The summed E-state index contributed by atoms with van der Waals surface area (Å²) in [6.45, 7) is 9.24. The smallest absolute Gasteiger partial charge is 0.0110 e. The van der Waals surface area contributed by atoms with Crippen LogP contribution in [0.5, 0.6) is 0 Å². The Morgan fingerprint density at radius 2 is 1.86 bits per heavy atom. The summed E-state index contributed by atoms with van der Waals surface area (Å²) in [6.07, 6.45) is 2.50. The molecule has 84 valence electrons. The van der Waals surface area contributed by atoms with Crippen LogP contribution in [0.3, 0.4) is 0 Å². The monoisotopic (exact) mass is 199 g/mol. The van der Waals surface area contributed by atoms with Crippen LogP contribution in [0.2, 0.25) is 0 Å². The Bertz CT molecular complexity index is 137. The molecule has 0 aliphatic carbocycles. The van der Waals surface area contributed by atoms with Crippen LogP contribution in [-0.2, 0) is 0 Å². The number of rotatable bonds is 5. The van der Waals surface area contributed by atoms with Gasteiger partial charge in [0.25, 0.3) is 0 Å². The molecule has 1 fully saturated rings. The number of hydrogen-bond donors (Lipinski definition) is 1. The zero-order chi connectivity index (χ0) is 10.4. The van der Waals surface area contributed by atoms with E-state index in [0.717, 1.165) is 12.5 Å². The molecule has 0 amide bonds. The average molecular weight is 199 g/mol. The van der Waals surface area contributed by atoms with Crippen molar-refractivity contribution in [3.05, 3.63) is 0 Å². The molecule has 1 rings (SSSR count). The molecule has 0 saturated carbocycles. The lowest BCUT2D eigenvalue weighted by atomic mass is 10.0. The van der Waals surface area contributed by atoms with E-state index in [1.807, 2.05) is 0 Å². The molecule has 3 heteroatoms. The van der Waals surface area contributed by atoms with Gasteiger partial charge in [-0.2, -0.15) is 0 Å². The van der Waals surface area contributed by atoms with Crippen molar-refractivity contribution in [1.82, 2.24) is 9.80 Å². The Morgan fingerprint density at radius 3 is 2.36 bits per heavy atom. The molecule has 3 nitrogen and oxygen atoms in total. The Morgan fingerprint density at radius 1 is 1.21 bits per heavy atom. The first-order valence-electron chi connectivity index (χ1n) is 5.87. The van der Waals surface area contributed by atoms with Gasteiger partial charge < -0.3 is 15.5 Å². The minimum Gasteiger partial charge on any atom is -0.330 e. The van der Waals surface area contributed by atoms with E-state index in [0.29, 0.717) is 0 Å². The van der Waals surface area contributed by atoms with Crippen LogP contribution in [0.25, 0.3) is 0 Å². The van der Waals surface area contributed by atoms with Gasteiger partial charge in [-0.05, 0) is 32.5 Å². The Balaban J connectivity index is 2.12. The van der Waals surface area contributed by atoms with Crippen LogP contribution in [0, 0.1) is 5.92 Å². The molecule has 1 heterocycles. The molecule has 0 spiro atoms. The third-order valence-electron chi connectivity index (χ3n) is 3.36. The van der Waals surface area contributed by atoms with Crippen LogP contribution in [0.4, 0.5) is 0 Å². The first-order valence-corrected chi connectivity index (χ1v) is 5.87. The number of nitrogens with zero attached hydrogens (tertiary/aromatic N) is 2. The minimum atomic E-state index is 0.731. The van der Waals surface area contributed by atoms with Crippen molar-refractivity contribution in [3.8, 4) is 0 Å². The van der Waals surface area contributed by atoms with Gasteiger partial charge in [0, 0.05) is 26.2 Å². The predicted octanol–water partition coefficient (Wildman–Crippen LogP) is 0.609. The molecule has 0 aromatic rings. The molecule has 14 heavy (non-hydrogen) atoms. The van der Waals surface area contributed by atoms with E-state index in [1.54, 1.807) is 0 Å². The molecular weight excluding hydrogens is 174 g/mol. The van der Waals surface area contributed by atoms with Crippen molar-refractivity contribution >= 4 is 0 Å². The molecule has 1 aliphatic rings. The van der Waals surface area contributed by atoms with Crippen LogP contribution in [0.15, 0.2) is 0 Å². The average Bonchev–Trinajstić information content (AvgIpc) is 2.22. The van der Waals surface area contributed by atoms with E-state index in [4.69, 9.17) is 5.73 Å². The number of piperazine rings is 1. The van der Waals surface area contributed by atoms with E-state index in [1.165, 1.54) is 45.6 Å². The Labute approximate surface area is 88.2 Å². The summed E-state index contributed by atoms with van der Waals surface area (Å²) in [5.74, 6) is 0.731. The lowest BCUT2D eigenvalue weighted by Crippen LogP contribution is -2.45. The fourth-order valence-electron chi connectivity index (χ4n) is 1.93. The molecule has 0 bridgehead atoms. The van der Waals surface area contributed by atoms with E-state index in [9.17, 15) is 0 Å². The van der Waals surface area contributed by atoms with Crippen molar-refractivity contribution in [2.45, 2.75) is 19.8 Å². The summed E-state index contributed by atoms with van der Waals surface area (Å²) in [5.41, 5.74) is 5.69. The minimum absolute atomic E-state index is 0.731. The predicted molar refractivity (Wildman–Crippen MR) is 61.4 cm³/mol. The van der Waals surface area contributed by atoms with Crippen LogP contribution in [0.1, 0.15) is 19.8 Å². The van der Waals surface area contributed by atoms with Crippen molar-refractivity contribution in [3.63, 3.8) is 0 Å². The number of likely N-dealkylation sites (N-methyl/N-ethyl adjacent to an activating group) is 1. The third-order valence-corrected chi connectivity index (χ3v) is 3.36. The van der Waals surface area contributed by atoms with Gasteiger partial charge in [-0.25, -0.2) is 0 Å². The lowest BCUT2D eigenvalue weighted by molar-refractivity contribution is 0.146. The Hall–Kier alpha value is -0.120. The van der Waals surface area contributed by atoms with E-state index in [2.05, 4.69) is 23.8 Å². The molecule has 1 aliphatic heterocycles. The summed E-state index contributed by atoms with van der Waals surface area (Å²) < 4.78 is 0. The zero-order valence-corrected chi connectivity index (χ0v) is 9.71. The van der Waals surface area contributed by atoms with Crippen LogP contribution in [-0.4, -0.2) is 56.1 Å². The highest BCUT2D eigenvalue weighted by molar-refractivity contribution is 4.70. The van der Waals surface area contributed by atoms with Crippen LogP contribution >= 0.6 is 0 Å². The lowest BCUT2D eigenvalue weighted by Gasteiger charge is -2.33. The second kappa shape index (κ2) is 6.38. The summed E-state index contributed by atoms with van der Waals surface area (Å²) in [5, 5.41) is 0. The quantitative estimate of drug-likeness (QED) is 0.704. The fourth-order valence-corrected chi connectivity index (χ4v) is 1.93. The highest BCUT2D eigenvalue weighted by atomic mass is 15.2. The van der Waals surface area contributed by atoms with E-state index >= 15 is 0 Å². The second-order valence-corrected chi connectivity index (χ2v) is 4.44. The number of hydrogen-bond acceptors (Lipinski definition) is 3. The van der Waals surface area contributed by atoms with Crippen LogP contribution < -0.4 is 5.73 Å². The molecule has 1 atom stereocenters. The van der Waals surface area contributed by atoms with E-state index in [-0.39, 0.29) is 0 Å². The van der Waals surface area contributed by atoms with Gasteiger partial charge in [0.1, 0.15) is 0 Å². The highest BCUT2D eigenvalue weighted by Crippen LogP contribution is 2.08. The largest absolute Gasteiger partial charge is 0.330 e. The van der Waals surface area contributed by atoms with E-state index < -0.39 is 0 Å². The van der Waals surface area contributed by atoms with Gasteiger partial charge in [0.15, 0.2) is 0 Å². The Kier molecular flexibility index (Phi) is 5.45. The maximum absolute atomic E-state index is 5.69. The van der Waals surface area contributed by atoms with Gasteiger partial charge in [-0.1, -0.05) is 13.3 Å². The number of nitrogens with two attached hydrogens (primary N) is 1. The summed E-state index contributed by atoms with van der Waals surface area (Å²) >= 11 is 0. The topological polar surface area (TPSA) is 32.5 Å². The van der Waals surface area contributed by atoms with Crippen molar-refractivity contribution < 1.29 is 0 Å². The first-order chi connectivity index (χ1) is 6.76. The van der Waals surface area contributed by atoms with Gasteiger partial charge >= 0.3 is 0 Å². The van der Waals surface area contributed by atoms with Gasteiger partial charge in [-0.3, -0.25) is 0 Å². The van der Waals surface area contributed by atoms with Gasteiger partial charge in [0.05, 0.1) is 0 Å². The van der Waals surface area contributed by atoms with Crippen molar-refractivity contribution in [2.24, 2.45) is 11.7 Å². The van der Waals surface area contributed by atoms with Gasteiger partial charge in [0.2, 0.25) is 0 Å². The molecule has 1 saturated heterocycles. The standard InChI is InChI=1S/C11H25N3/c1-3-11(10-12)4-5-14-8-6-13(2)7-9-14/h11H,3-10,12H2,1-2H3. The van der Waals surface area contributed by atoms with Crippen molar-refractivity contribution in [2.75, 3.05) is 46.3 Å². The summed E-state index contributed by atoms with van der Waals surface area (Å²) in [4.78, 5) is 4.97. The third kappa shape index (κ3) is 3.95. The molecule has 1 unspecified atom stereocenters. The summed E-state index contributed by atoms with van der Waals surface area (Å²) in [7, 11) is 2.20. The second-order valence-electron chi connectivity index (χ2n) is 4.44. The molecule has 0 aromatic carbocycles. The molecule has 2 N–H and O–H groups in total. The van der Waals surface area contributed by atoms with Gasteiger partial charge in [-0.15, -0.1) is 0 Å².